The first-order valence-corrected chi connectivity index (χ1v) is 8.06. The lowest BCUT2D eigenvalue weighted by molar-refractivity contribution is -0.140. The highest BCUT2D eigenvalue weighted by Crippen LogP contribution is 2.19. The molecule has 0 radical (unpaired) electrons. The van der Waals surface area contributed by atoms with Crippen LogP contribution in [0.5, 0.6) is 0 Å². The number of carboxylic acids is 1. The third kappa shape index (κ3) is 4.90. The van der Waals surface area contributed by atoms with Crippen molar-refractivity contribution in [2.45, 2.75) is 13.0 Å². The van der Waals surface area contributed by atoms with Crippen molar-refractivity contribution in [2.75, 3.05) is 33.3 Å². The van der Waals surface area contributed by atoms with Gasteiger partial charge in [-0.05, 0) is 5.56 Å². The molecule has 0 aromatic heterocycles. The van der Waals surface area contributed by atoms with Gasteiger partial charge in [-0.15, -0.1) is 0 Å². The summed E-state index contributed by atoms with van der Waals surface area (Å²) in [6, 6.07) is 10.1. The Morgan fingerprint density at radius 2 is 1.80 bits per heavy atom. The average molecular weight is 346 g/mol. The predicted molar refractivity (Wildman–Crippen MR) is 90.7 cm³/mol. The van der Waals surface area contributed by atoms with Crippen LogP contribution in [0.25, 0.3) is 0 Å². The van der Waals surface area contributed by atoms with Crippen LogP contribution in [0.1, 0.15) is 12.0 Å². The Labute approximate surface area is 146 Å². The Kier molecular flexibility index (Phi) is 6.71. The topological polar surface area (TPSA) is 87.1 Å². The van der Waals surface area contributed by atoms with E-state index in [1.54, 1.807) is 4.90 Å². The van der Waals surface area contributed by atoms with Crippen molar-refractivity contribution in [3.8, 4) is 0 Å². The fraction of sp³-hybridized carbons (Fsp3) is 0.389. The summed E-state index contributed by atoms with van der Waals surface area (Å²) in [7, 11) is 1.20. The summed E-state index contributed by atoms with van der Waals surface area (Å²) >= 11 is 0. The smallest absolute Gasteiger partial charge is 0.354 e. The normalized spacial score (nSPS) is 16.1. The molecule has 0 aliphatic carbocycles. The number of carbonyl (C=O) groups excluding carboxylic acids is 2. The molecule has 0 unspecified atom stereocenters. The summed E-state index contributed by atoms with van der Waals surface area (Å²) < 4.78 is 4.73. The minimum atomic E-state index is -1.28. The highest BCUT2D eigenvalue weighted by molar-refractivity contribution is 6.00. The molecule has 1 saturated heterocycles. The van der Waals surface area contributed by atoms with E-state index in [0.29, 0.717) is 32.5 Å². The molecule has 0 atom stereocenters. The van der Waals surface area contributed by atoms with Gasteiger partial charge in [-0.25, -0.2) is 9.59 Å². The molecule has 7 nitrogen and oxygen atoms in total. The van der Waals surface area contributed by atoms with Gasteiger partial charge in [0.2, 0.25) is 0 Å². The summed E-state index contributed by atoms with van der Waals surface area (Å²) in [4.78, 5) is 38.3. The quantitative estimate of drug-likeness (QED) is 0.446. The third-order valence-electron chi connectivity index (χ3n) is 4.15. The van der Waals surface area contributed by atoms with Crippen molar-refractivity contribution >= 4 is 18.2 Å². The van der Waals surface area contributed by atoms with Gasteiger partial charge in [0.05, 0.1) is 12.7 Å². The minimum absolute atomic E-state index is 0.0264. The fourth-order valence-corrected chi connectivity index (χ4v) is 2.88. The first-order valence-electron chi connectivity index (χ1n) is 8.06. The Hall–Kier alpha value is -2.67. The molecule has 1 N–H and O–H groups in total. The Morgan fingerprint density at radius 3 is 2.32 bits per heavy atom. The second kappa shape index (κ2) is 8.98. The van der Waals surface area contributed by atoms with Crippen LogP contribution in [0.15, 0.2) is 41.6 Å². The number of esters is 1. The number of methoxy groups -OCH3 is 1. The number of carbonyl (C=O) groups is 3. The molecule has 25 heavy (non-hydrogen) atoms. The molecule has 0 bridgehead atoms. The van der Waals surface area contributed by atoms with Crippen LogP contribution in [0.2, 0.25) is 0 Å². The van der Waals surface area contributed by atoms with Crippen molar-refractivity contribution in [2.24, 2.45) is 0 Å². The lowest BCUT2D eigenvalue weighted by Gasteiger charge is -2.37. The lowest BCUT2D eigenvalue weighted by Crippen LogP contribution is -2.47. The van der Waals surface area contributed by atoms with Crippen LogP contribution in [-0.4, -0.2) is 66.4 Å². The van der Waals surface area contributed by atoms with E-state index in [2.05, 4.69) is 17.0 Å². The second-order valence-electron chi connectivity index (χ2n) is 5.74. The van der Waals surface area contributed by atoms with Crippen molar-refractivity contribution in [3.05, 3.63) is 47.2 Å². The molecule has 0 amide bonds. The van der Waals surface area contributed by atoms with Crippen LogP contribution in [0.3, 0.4) is 0 Å². The van der Waals surface area contributed by atoms with E-state index >= 15 is 0 Å². The number of benzene rings is 1. The first-order chi connectivity index (χ1) is 12.1. The maximum absolute atomic E-state index is 12.1. The molecule has 1 aromatic carbocycles. The molecular formula is C18H22N2O5. The number of hydrogen-bond donors (Lipinski definition) is 1. The largest absolute Gasteiger partial charge is 0.478 e. The molecule has 7 heteroatoms. The highest BCUT2D eigenvalue weighted by atomic mass is 16.5. The molecule has 1 heterocycles. The summed E-state index contributed by atoms with van der Waals surface area (Å²) in [5.41, 5.74) is 0.951. The van der Waals surface area contributed by atoms with E-state index in [9.17, 15) is 19.5 Å². The van der Waals surface area contributed by atoms with Gasteiger partial charge < -0.3 is 19.5 Å². The standard InChI is InChI=1S/C18H22N2O5/c1-25-18(24)16(15(7-12-21)17(22)23)20-10-8-19(9-11-20)13-14-5-3-2-4-6-14/h2-6,12H,7-11,13H2,1H3,(H,22,23)/b16-15+. The molecule has 0 saturated carbocycles. The monoisotopic (exact) mass is 346 g/mol. The Bertz CT molecular complexity index is 649. The zero-order chi connectivity index (χ0) is 18.2. The van der Waals surface area contributed by atoms with Gasteiger partial charge in [-0.3, -0.25) is 4.90 Å². The van der Waals surface area contributed by atoms with Gasteiger partial charge in [0.15, 0.2) is 0 Å². The van der Waals surface area contributed by atoms with E-state index in [1.165, 1.54) is 12.7 Å². The number of hydrogen-bond acceptors (Lipinski definition) is 6. The number of rotatable bonds is 7. The average Bonchev–Trinajstić information content (AvgIpc) is 2.63. The van der Waals surface area contributed by atoms with Gasteiger partial charge in [-0.2, -0.15) is 0 Å². The minimum Gasteiger partial charge on any atom is -0.478 e. The molecule has 1 aromatic rings. The molecule has 1 aliphatic rings. The van der Waals surface area contributed by atoms with Crippen LogP contribution >= 0.6 is 0 Å². The van der Waals surface area contributed by atoms with Gasteiger partial charge in [-0.1, -0.05) is 30.3 Å². The van der Waals surface area contributed by atoms with E-state index in [0.717, 1.165) is 6.54 Å². The number of ether oxygens (including phenoxy) is 1. The van der Waals surface area contributed by atoms with E-state index in [-0.39, 0.29) is 17.7 Å². The number of piperazine rings is 1. The zero-order valence-corrected chi connectivity index (χ0v) is 14.2. The lowest BCUT2D eigenvalue weighted by atomic mass is 10.1. The van der Waals surface area contributed by atoms with Gasteiger partial charge >= 0.3 is 11.9 Å². The van der Waals surface area contributed by atoms with Gasteiger partial charge in [0.1, 0.15) is 12.0 Å². The first kappa shape index (κ1) is 18.7. The van der Waals surface area contributed by atoms with Crippen molar-refractivity contribution in [1.82, 2.24) is 9.80 Å². The predicted octanol–water partition coefficient (Wildman–Crippen LogP) is 0.905. The van der Waals surface area contributed by atoms with E-state index in [4.69, 9.17) is 4.74 Å². The summed E-state index contributed by atoms with van der Waals surface area (Å²) in [5.74, 6) is -2.00. The highest BCUT2D eigenvalue weighted by Gasteiger charge is 2.29. The molecular weight excluding hydrogens is 324 g/mol. The molecule has 134 valence electrons. The second-order valence-corrected chi connectivity index (χ2v) is 5.74. The van der Waals surface area contributed by atoms with Crippen molar-refractivity contribution in [1.29, 1.82) is 0 Å². The fourth-order valence-electron chi connectivity index (χ4n) is 2.88. The number of nitrogens with zero attached hydrogens (tertiary/aromatic N) is 2. The number of aliphatic carboxylic acids is 1. The summed E-state index contributed by atoms with van der Waals surface area (Å²) in [6.07, 6.45) is 0.155. The number of aldehydes is 1. The molecule has 1 aliphatic heterocycles. The van der Waals surface area contributed by atoms with E-state index in [1.807, 2.05) is 18.2 Å². The van der Waals surface area contributed by atoms with Gasteiger partial charge in [0, 0.05) is 39.1 Å². The maximum Gasteiger partial charge on any atom is 0.354 e. The molecule has 0 spiro atoms. The SMILES string of the molecule is COC(=O)/C(=C(/CC=O)C(=O)O)N1CCN(Cc2ccccc2)CC1. The van der Waals surface area contributed by atoms with Crippen LogP contribution in [-0.2, 0) is 25.7 Å². The Balaban J connectivity index is 2.11. The third-order valence-corrected chi connectivity index (χ3v) is 4.15. The maximum atomic E-state index is 12.1. The number of carboxylic acid groups (broad SMARTS) is 1. The van der Waals surface area contributed by atoms with Crippen LogP contribution in [0.4, 0.5) is 0 Å². The van der Waals surface area contributed by atoms with Crippen LogP contribution in [0, 0.1) is 0 Å². The van der Waals surface area contributed by atoms with Crippen molar-refractivity contribution < 1.29 is 24.2 Å². The molecule has 1 fully saturated rings. The summed E-state index contributed by atoms with van der Waals surface area (Å²) in [5, 5.41) is 9.34. The van der Waals surface area contributed by atoms with Crippen LogP contribution < -0.4 is 0 Å². The Morgan fingerprint density at radius 1 is 1.16 bits per heavy atom. The molecule has 2 rings (SSSR count). The van der Waals surface area contributed by atoms with E-state index < -0.39 is 11.9 Å². The zero-order valence-electron chi connectivity index (χ0n) is 14.2. The summed E-state index contributed by atoms with van der Waals surface area (Å²) in [6.45, 7) is 3.15. The van der Waals surface area contributed by atoms with Gasteiger partial charge in [0.25, 0.3) is 0 Å². The van der Waals surface area contributed by atoms with Crippen molar-refractivity contribution in [3.63, 3.8) is 0 Å².